The molecule has 0 aliphatic carbocycles. The summed E-state index contributed by atoms with van der Waals surface area (Å²) in [5.74, 6) is 0. The summed E-state index contributed by atoms with van der Waals surface area (Å²) in [6, 6.07) is 0. The predicted molar refractivity (Wildman–Crippen MR) is 75.7 cm³/mol. The number of nitrogens with zero attached hydrogens (tertiary/aromatic N) is 1. The Balaban J connectivity index is 2.50. The van der Waals surface area contributed by atoms with Crippen LogP contribution in [-0.2, 0) is 21.3 Å². The lowest BCUT2D eigenvalue weighted by Gasteiger charge is -2.40. The number of nitrogens with two attached hydrogens (primary N) is 1. The Morgan fingerprint density at radius 1 is 1.53 bits per heavy atom. The summed E-state index contributed by atoms with van der Waals surface area (Å²) in [4.78, 5) is 1.11. The second-order valence-electron chi connectivity index (χ2n) is 5.32. The smallest absolute Gasteiger partial charge is 0.245 e. The third kappa shape index (κ3) is 2.57. The molecule has 2 rings (SSSR count). The van der Waals surface area contributed by atoms with Crippen LogP contribution in [0.1, 0.15) is 24.3 Å². The van der Waals surface area contributed by atoms with Crippen molar-refractivity contribution in [3.63, 3.8) is 0 Å². The standard InChI is InChI=1S/C12H20N2O3S2/c1-9-7-18-10(6-13)11(9)19(15,16)14-4-5-17-8-12(14,2)3/h7H,4-6,8,13H2,1-3H3. The number of hydrogen-bond acceptors (Lipinski definition) is 5. The molecule has 0 amide bonds. The molecule has 19 heavy (non-hydrogen) atoms. The van der Waals surface area contributed by atoms with Crippen LogP contribution in [0, 0.1) is 6.92 Å². The summed E-state index contributed by atoms with van der Waals surface area (Å²) in [7, 11) is -3.52. The first-order chi connectivity index (χ1) is 8.80. The number of thiophene rings is 1. The van der Waals surface area contributed by atoms with Gasteiger partial charge in [-0.3, -0.25) is 0 Å². The Kier molecular flexibility index (Phi) is 4.04. The molecule has 0 unspecified atom stereocenters. The number of hydrogen-bond donors (Lipinski definition) is 1. The van der Waals surface area contributed by atoms with Gasteiger partial charge in [0.05, 0.1) is 18.8 Å². The van der Waals surface area contributed by atoms with Crippen LogP contribution in [0.25, 0.3) is 0 Å². The molecule has 0 aromatic carbocycles. The van der Waals surface area contributed by atoms with Crippen LogP contribution < -0.4 is 5.73 Å². The topological polar surface area (TPSA) is 72.6 Å². The monoisotopic (exact) mass is 304 g/mol. The van der Waals surface area contributed by atoms with E-state index in [0.29, 0.717) is 24.7 Å². The zero-order chi connectivity index (χ0) is 14.3. The zero-order valence-electron chi connectivity index (χ0n) is 11.5. The van der Waals surface area contributed by atoms with Crippen molar-refractivity contribution in [2.75, 3.05) is 19.8 Å². The van der Waals surface area contributed by atoms with Crippen molar-refractivity contribution >= 4 is 21.4 Å². The van der Waals surface area contributed by atoms with Crippen LogP contribution in [0.3, 0.4) is 0 Å². The molecule has 1 aromatic heterocycles. The molecule has 0 atom stereocenters. The molecule has 0 radical (unpaired) electrons. The van der Waals surface area contributed by atoms with Crippen LogP contribution in [-0.4, -0.2) is 38.0 Å². The van der Waals surface area contributed by atoms with Gasteiger partial charge in [-0.2, -0.15) is 4.31 Å². The maximum Gasteiger partial charge on any atom is 0.245 e. The first-order valence-electron chi connectivity index (χ1n) is 6.18. The zero-order valence-corrected chi connectivity index (χ0v) is 13.1. The van der Waals surface area contributed by atoms with Crippen LogP contribution >= 0.6 is 11.3 Å². The minimum atomic E-state index is -3.52. The fourth-order valence-corrected chi connectivity index (χ4v) is 5.79. The van der Waals surface area contributed by atoms with Crippen LogP contribution in [0.15, 0.2) is 10.3 Å². The number of morpholine rings is 1. The van der Waals surface area contributed by atoms with E-state index in [4.69, 9.17) is 10.5 Å². The molecule has 0 bridgehead atoms. The second-order valence-corrected chi connectivity index (χ2v) is 8.08. The molecule has 1 fully saturated rings. The van der Waals surface area contributed by atoms with Crippen LogP contribution in [0.4, 0.5) is 0 Å². The molecule has 2 heterocycles. The van der Waals surface area contributed by atoms with E-state index in [0.717, 1.165) is 10.4 Å². The summed E-state index contributed by atoms with van der Waals surface area (Å²) in [5.41, 5.74) is 5.90. The molecule has 1 aliphatic heterocycles. The highest BCUT2D eigenvalue weighted by molar-refractivity contribution is 7.89. The van der Waals surface area contributed by atoms with Crippen molar-refractivity contribution in [2.24, 2.45) is 5.73 Å². The number of ether oxygens (including phenoxy) is 1. The average Bonchev–Trinajstić information content (AvgIpc) is 2.70. The Labute approximate surface area is 118 Å². The van der Waals surface area contributed by atoms with Crippen LogP contribution in [0.2, 0.25) is 0 Å². The van der Waals surface area contributed by atoms with Crippen LogP contribution in [0.5, 0.6) is 0 Å². The molecule has 7 heteroatoms. The first-order valence-corrected chi connectivity index (χ1v) is 8.50. The van der Waals surface area contributed by atoms with Gasteiger partial charge in [-0.1, -0.05) is 0 Å². The molecular formula is C12H20N2O3S2. The second kappa shape index (κ2) is 5.14. The van der Waals surface area contributed by atoms with Gasteiger partial charge in [0.1, 0.15) is 4.90 Å². The van der Waals surface area contributed by atoms with Gasteiger partial charge in [0, 0.05) is 18.0 Å². The summed E-state index contributed by atoms with van der Waals surface area (Å²) in [6.45, 7) is 7.06. The number of aryl methyl sites for hydroxylation is 1. The highest BCUT2D eigenvalue weighted by Gasteiger charge is 2.41. The molecule has 1 saturated heterocycles. The highest BCUT2D eigenvalue weighted by Crippen LogP contribution is 2.33. The molecule has 0 spiro atoms. The maximum atomic E-state index is 12.9. The Morgan fingerprint density at radius 2 is 2.21 bits per heavy atom. The average molecular weight is 304 g/mol. The first kappa shape index (κ1) is 14.9. The number of sulfonamides is 1. The van der Waals surface area contributed by atoms with Gasteiger partial charge in [-0.15, -0.1) is 11.3 Å². The van der Waals surface area contributed by atoms with E-state index in [1.165, 1.54) is 15.6 Å². The molecule has 1 aromatic rings. The lowest BCUT2D eigenvalue weighted by atomic mass is 10.1. The van der Waals surface area contributed by atoms with Gasteiger partial charge in [0.2, 0.25) is 10.0 Å². The third-order valence-corrected chi connectivity index (χ3v) is 6.89. The van der Waals surface area contributed by atoms with Gasteiger partial charge in [-0.25, -0.2) is 8.42 Å². The van der Waals surface area contributed by atoms with Gasteiger partial charge >= 0.3 is 0 Å². The molecule has 0 saturated carbocycles. The van der Waals surface area contributed by atoms with Gasteiger partial charge in [-0.05, 0) is 31.7 Å². The summed E-state index contributed by atoms with van der Waals surface area (Å²) in [5, 5.41) is 1.85. The Hall–Kier alpha value is -0.470. The van der Waals surface area contributed by atoms with Crippen molar-refractivity contribution < 1.29 is 13.2 Å². The van der Waals surface area contributed by atoms with E-state index in [2.05, 4.69) is 0 Å². The van der Waals surface area contributed by atoms with Crippen molar-refractivity contribution in [1.29, 1.82) is 0 Å². The third-order valence-electron chi connectivity index (χ3n) is 3.29. The lowest BCUT2D eigenvalue weighted by molar-refractivity contribution is -0.00773. The molecule has 2 N–H and O–H groups in total. The van der Waals surface area contributed by atoms with E-state index in [-0.39, 0.29) is 6.54 Å². The molecule has 5 nitrogen and oxygen atoms in total. The van der Waals surface area contributed by atoms with Crippen molar-refractivity contribution in [2.45, 2.75) is 37.8 Å². The largest absolute Gasteiger partial charge is 0.378 e. The highest BCUT2D eigenvalue weighted by atomic mass is 32.2. The molecule has 1 aliphatic rings. The fraction of sp³-hybridized carbons (Fsp3) is 0.667. The SMILES string of the molecule is Cc1csc(CN)c1S(=O)(=O)N1CCOCC1(C)C. The van der Waals surface area contributed by atoms with E-state index in [1.807, 2.05) is 26.2 Å². The minimum Gasteiger partial charge on any atom is -0.378 e. The summed E-state index contributed by atoms with van der Waals surface area (Å²) < 4.78 is 32.7. The quantitative estimate of drug-likeness (QED) is 0.914. The summed E-state index contributed by atoms with van der Waals surface area (Å²) >= 11 is 1.41. The van der Waals surface area contributed by atoms with Gasteiger partial charge < -0.3 is 10.5 Å². The van der Waals surface area contributed by atoms with Gasteiger partial charge in [0.25, 0.3) is 0 Å². The predicted octanol–water partition coefficient (Wildman–Crippen LogP) is 1.31. The van der Waals surface area contributed by atoms with E-state index < -0.39 is 15.6 Å². The molecular weight excluding hydrogens is 284 g/mol. The molecule has 108 valence electrons. The number of rotatable bonds is 3. The van der Waals surface area contributed by atoms with E-state index >= 15 is 0 Å². The van der Waals surface area contributed by atoms with Gasteiger partial charge in [0.15, 0.2) is 0 Å². The van der Waals surface area contributed by atoms with E-state index in [1.54, 1.807) is 0 Å². The normalized spacial score (nSPS) is 20.6. The lowest BCUT2D eigenvalue weighted by Crippen LogP contribution is -2.55. The Morgan fingerprint density at radius 3 is 2.79 bits per heavy atom. The fourth-order valence-electron chi connectivity index (χ4n) is 2.37. The van der Waals surface area contributed by atoms with E-state index in [9.17, 15) is 8.42 Å². The summed E-state index contributed by atoms with van der Waals surface area (Å²) in [6.07, 6.45) is 0. The van der Waals surface area contributed by atoms with Crippen molar-refractivity contribution in [1.82, 2.24) is 4.31 Å². The minimum absolute atomic E-state index is 0.248. The maximum absolute atomic E-state index is 12.9. The van der Waals surface area contributed by atoms with Crippen molar-refractivity contribution in [3.8, 4) is 0 Å². The van der Waals surface area contributed by atoms with Crippen molar-refractivity contribution in [3.05, 3.63) is 15.8 Å². The Bertz CT molecular complexity index is 564.